The highest BCUT2D eigenvalue weighted by molar-refractivity contribution is 8.00. The van der Waals surface area contributed by atoms with Gasteiger partial charge in [-0.2, -0.15) is 0 Å². The van der Waals surface area contributed by atoms with E-state index in [1.54, 1.807) is 42.5 Å². The Morgan fingerprint density at radius 1 is 0.844 bits per heavy atom. The van der Waals surface area contributed by atoms with Crippen molar-refractivity contribution in [3.63, 3.8) is 0 Å². The minimum atomic E-state index is -0.505. The molecule has 0 saturated heterocycles. The van der Waals surface area contributed by atoms with E-state index in [0.717, 1.165) is 22.6 Å². The van der Waals surface area contributed by atoms with Gasteiger partial charge in [-0.3, -0.25) is 14.4 Å². The molecule has 0 fully saturated rings. The van der Waals surface area contributed by atoms with Crippen LogP contribution in [0.1, 0.15) is 28.6 Å². The number of hydrogen-bond donors (Lipinski definition) is 2. The van der Waals surface area contributed by atoms with E-state index in [2.05, 4.69) is 23.6 Å². The number of hydrogen-bond acceptors (Lipinski definition) is 5. The zero-order chi connectivity index (χ0) is 31.2. The third kappa shape index (κ3) is 7.08. The zero-order valence-electron chi connectivity index (χ0n) is 24.6. The molecule has 1 aliphatic heterocycles. The van der Waals surface area contributed by atoms with Crippen LogP contribution in [0.5, 0.6) is 0 Å². The lowest BCUT2D eigenvalue weighted by Gasteiger charge is -2.22. The number of rotatable bonds is 9. The molecule has 45 heavy (non-hydrogen) atoms. The van der Waals surface area contributed by atoms with E-state index in [-0.39, 0.29) is 17.6 Å². The molecule has 0 saturated carbocycles. The fraction of sp³-hybridized carbons (Fsp3) is 0.108. The van der Waals surface area contributed by atoms with Gasteiger partial charge in [0.25, 0.3) is 11.8 Å². The standard InChI is InChI=1S/C37H31N3O4S/c1-25-22-28-14-8-9-15-33(28)40(25)35(41)24-45-31-19-16-29(17-20-31)38-37(43)32(39-36(42)27-12-6-3-7-13-27)23-30-18-21-34(44-30)26-10-4-2-5-11-26/h2-21,23,25H,22,24H2,1H3,(H,38,43)(H,39,42)/b32-23+. The number of nitrogens with one attached hydrogen (secondary N) is 2. The molecule has 2 N–H and O–H groups in total. The van der Waals surface area contributed by atoms with Gasteiger partial charge in [0, 0.05) is 39.5 Å². The smallest absolute Gasteiger partial charge is 0.272 e. The predicted octanol–water partition coefficient (Wildman–Crippen LogP) is 7.43. The lowest BCUT2D eigenvalue weighted by molar-refractivity contribution is -0.116. The molecule has 1 aromatic heterocycles. The Morgan fingerprint density at radius 3 is 2.29 bits per heavy atom. The molecular formula is C37H31N3O4S. The largest absolute Gasteiger partial charge is 0.457 e. The number of carbonyl (C=O) groups excluding carboxylic acids is 3. The van der Waals surface area contributed by atoms with Gasteiger partial charge in [-0.25, -0.2) is 0 Å². The van der Waals surface area contributed by atoms with Crippen molar-refractivity contribution in [1.82, 2.24) is 5.32 Å². The van der Waals surface area contributed by atoms with Crippen molar-refractivity contribution in [3.05, 3.63) is 144 Å². The molecule has 0 radical (unpaired) electrons. The maximum absolute atomic E-state index is 13.4. The Labute approximate surface area is 266 Å². The Balaban J connectivity index is 1.14. The molecule has 224 valence electrons. The SMILES string of the molecule is CC1Cc2ccccc2N1C(=O)CSc1ccc(NC(=O)/C(=C\c2ccc(-c3ccccc3)o2)NC(=O)c2ccccc2)cc1. The number of thioether (sulfide) groups is 1. The van der Waals surface area contributed by atoms with Crippen molar-refractivity contribution in [2.45, 2.75) is 24.3 Å². The Morgan fingerprint density at radius 2 is 1.53 bits per heavy atom. The number of anilines is 2. The second-order valence-corrected chi connectivity index (χ2v) is 11.7. The Bertz CT molecular complexity index is 1850. The second kappa shape index (κ2) is 13.5. The van der Waals surface area contributed by atoms with Gasteiger partial charge in [0.15, 0.2) is 0 Å². The van der Waals surface area contributed by atoms with Crippen LogP contribution in [-0.4, -0.2) is 29.5 Å². The fourth-order valence-electron chi connectivity index (χ4n) is 5.27. The maximum atomic E-state index is 13.4. The van der Waals surface area contributed by atoms with Crippen LogP contribution in [0.3, 0.4) is 0 Å². The van der Waals surface area contributed by atoms with Crippen LogP contribution >= 0.6 is 11.8 Å². The first-order valence-corrected chi connectivity index (χ1v) is 15.6. The first-order chi connectivity index (χ1) is 21.9. The number of para-hydroxylation sites is 1. The average Bonchev–Trinajstić information content (AvgIpc) is 3.68. The molecule has 0 aliphatic carbocycles. The summed E-state index contributed by atoms with van der Waals surface area (Å²) in [7, 11) is 0. The van der Waals surface area contributed by atoms with Gasteiger partial charge < -0.3 is 20.0 Å². The van der Waals surface area contributed by atoms with Crippen molar-refractivity contribution in [2.75, 3.05) is 16.0 Å². The molecule has 0 bridgehead atoms. The summed E-state index contributed by atoms with van der Waals surface area (Å²) in [4.78, 5) is 42.3. The summed E-state index contributed by atoms with van der Waals surface area (Å²) in [5.74, 6) is 0.501. The topological polar surface area (TPSA) is 91.7 Å². The summed E-state index contributed by atoms with van der Waals surface area (Å²) < 4.78 is 5.97. The summed E-state index contributed by atoms with van der Waals surface area (Å²) in [6, 6.07) is 37.3. The molecule has 6 rings (SSSR count). The first kappa shape index (κ1) is 29.7. The zero-order valence-corrected chi connectivity index (χ0v) is 25.4. The highest BCUT2D eigenvalue weighted by Gasteiger charge is 2.30. The lowest BCUT2D eigenvalue weighted by atomic mass is 10.1. The van der Waals surface area contributed by atoms with E-state index in [1.165, 1.54) is 23.4 Å². The van der Waals surface area contributed by atoms with Crippen molar-refractivity contribution in [1.29, 1.82) is 0 Å². The predicted molar refractivity (Wildman–Crippen MR) is 179 cm³/mol. The van der Waals surface area contributed by atoms with E-state index < -0.39 is 11.8 Å². The maximum Gasteiger partial charge on any atom is 0.272 e. The van der Waals surface area contributed by atoms with Gasteiger partial charge in [-0.15, -0.1) is 11.8 Å². The third-order valence-corrected chi connectivity index (χ3v) is 8.45. The van der Waals surface area contributed by atoms with Gasteiger partial charge in [0.05, 0.1) is 5.75 Å². The number of carbonyl (C=O) groups is 3. The van der Waals surface area contributed by atoms with Crippen LogP contribution in [0.15, 0.2) is 136 Å². The monoisotopic (exact) mass is 613 g/mol. The third-order valence-electron chi connectivity index (χ3n) is 7.45. The summed E-state index contributed by atoms with van der Waals surface area (Å²) in [6.07, 6.45) is 2.37. The van der Waals surface area contributed by atoms with Gasteiger partial charge in [-0.05, 0) is 73.5 Å². The van der Waals surface area contributed by atoms with Crippen LogP contribution < -0.4 is 15.5 Å². The quantitative estimate of drug-likeness (QED) is 0.133. The second-order valence-electron chi connectivity index (χ2n) is 10.7. The summed E-state index contributed by atoms with van der Waals surface area (Å²) in [5, 5.41) is 5.60. The molecule has 8 heteroatoms. The summed E-state index contributed by atoms with van der Waals surface area (Å²) in [6.45, 7) is 2.07. The number of furan rings is 1. The Hall–Kier alpha value is -5.34. The number of amides is 3. The van der Waals surface area contributed by atoms with Crippen LogP contribution in [0.4, 0.5) is 11.4 Å². The van der Waals surface area contributed by atoms with Gasteiger partial charge in [-0.1, -0.05) is 66.7 Å². The van der Waals surface area contributed by atoms with E-state index in [0.29, 0.717) is 28.5 Å². The van der Waals surface area contributed by atoms with E-state index in [1.807, 2.05) is 77.7 Å². The minimum Gasteiger partial charge on any atom is -0.457 e. The van der Waals surface area contributed by atoms with Crippen LogP contribution in [0.25, 0.3) is 17.4 Å². The van der Waals surface area contributed by atoms with Crippen molar-refractivity contribution in [3.8, 4) is 11.3 Å². The highest BCUT2D eigenvalue weighted by Crippen LogP contribution is 2.33. The molecule has 4 aromatic carbocycles. The molecule has 5 aromatic rings. The van der Waals surface area contributed by atoms with Crippen molar-refractivity contribution in [2.24, 2.45) is 0 Å². The average molecular weight is 614 g/mol. The van der Waals surface area contributed by atoms with Crippen LogP contribution in [0.2, 0.25) is 0 Å². The van der Waals surface area contributed by atoms with Gasteiger partial charge in [0.2, 0.25) is 5.91 Å². The van der Waals surface area contributed by atoms with E-state index >= 15 is 0 Å². The summed E-state index contributed by atoms with van der Waals surface area (Å²) in [5.41, 5.74) is 4.08. The van der Waals surface area contributed by atoms with Crippen molar-refractivity contribution < 1.29 is 18.8 Å². The molecule has 2 heterocycles. The minimum absolute atomic E-state index is 0.0295. The van der Waals surface area contributed by atoms with E-state index in [4.69, 9.17) is 4.42 Å². The highest BCUT2D eigenvalue weighted by atomic mass is 32.2. The molecule has 7 nitrogen and oxygen atoms in total. The van der Waals surface area contributed by atoms with Gasteiger partial charge in [0.1, 0.15) is 17.2 Å². The number of nitrogens with zero attached hydrogens (tertiary/aromatic N) is 1. The van der Waals surface area contributed by atoms with Crippen LogP contribution in [-0.2, 0) is 16.0 Å². The molecule has 1 aliphatic rings. The molecule has 0 spiro atoms. The Kier molecular flexibility index (Phi) is 8.94. The van der Waals surface area contributed by atoms with Gasteiger partial charge >= 0.3 is 0 Å². The molecule has 3 amide bonds. The lowest BCUT2D eigenvalue weighted by Crippen LogP contribution is -2.36. The van der Waals surface area contributed by atoms with E-state index in [9.17, 15) is 14.4 Å². The first-order valence-electron chi connectivity index (χ1n) is 14.6. The summed E-state index contributed by atoms with van der Waals surface area (Å²) >= 11 is 1.45. The molecular weight excluding hydrogens is 582 g/mol. The fourth-order valence-corrected chi connectivity index (χ4v) is 6.02. The number of fused-ring (bicyclic) bond motifs is 1. The van der Waals surface area contributed by atoms with Crippen LogP contribution in [0, 0.1) is 0 Å². The normalized spacial score (nSPS) is 14.1. The number of benzene rings is 4. The molecule has 1 atom stereocenters. The van der Waals surface area contributed by atoms with Crippen molar-refractivity contribution >= 4 is 46.9 Å². The molecule has 1 unspecified atom stereocenters.